The number of carbonyl (C=O) groups is 4. The van der Waals surface area contributed by atoms with Gasteiger partial charge in [-0.05, 0) is 47.4 Å². The number of hydrogen-bond acceptors (Lipinski definition) is 13. The molecule has 1 aliphatic rings. The van der Waals surface area contributed by atoms with Crippen molar-refractivity contribution in [1.82, 2.24) is 0 Å². The molecular weight excluding hydrogens is 688 g/mol. The Kier molecular flexibility index (Phi) is 11.9. The predicted octanol–water partition coefficient (Wildman–Crippen LogP) is 4.66. The number of benzene rings is 4. The van der Waals surface area contributed by atoms with Crippen molar-refractivity contribution in [1.29, 1.82) is 0 Å². The molecule has 13 heteroatoms. The number of fused-ring (bicyclic) bond motifs is 1. The molecule has 1 aliphatic carbocycles. The van der Waals surface area contributed by atoms with Gasteiger partial charge in [0.1, 0.15) is 11.5 Å². The minimum absolute atomic E-state index is 0.0879. The van der Waals surface area contributed by atoms with Crippen LogP contribution in [-0.4, -0.2) is 71.6 Å². The average Bonchev–Trinajstić information content (AvgIpc) is 3.20. The number of methoxy groups -OCH3 is 6. The summed E-state index contributed by atoms with van der Waals surface area (Å²) in [6.07, 6.45) is -3.32. The smallest absolute Gasteiger partial charge is 0.351 e. The van der Waals surface area contributed by atoms with Gasteiger partial charge in [-0.2, -0.15) is 0 Å². The van der Waals surface area contributed by atoms with E-state index in [-0.39, 0.29) is 40.4 Å². The monoisotopic (exact) mass is 728 g/mol. The van der Waals surface area contributed by atoms with Crippen molar-refractivity contribution < 1.29 is 62.2 Å². The van der Waals surface area contributed by atoms with E-state index in [1.54, 1.807) is 66.7 Å². The zero-order valence-electron chi connectivity index (χ0n) is 30.0. The molecule has 0 saturated heterocycles. The Balaban J connectivity index is 1.76. The summed E-state index contributed by atoms with van der Waals surface area (Å²) in [6.45, 7) is 0. The van der Waals surface area contributed by atoms with E-state index in [1.807, 2.05) is 0 Å². The first kappa shape index (κ1) is 38.2. The minimum atomic E-state index is -2.40. The third kappa shape index (κ3) is 7.47. The molecule has 0 fully saturated rings. The van der Waals surface area contributed by atoms with Crippen LogP contribution in [0.5, 0.6) is 23.0 Å². The fourth-order valence-corrected chi connectivity index (χ4v) is 6.59. The minimum Gasteiger partial charge on any atom is -0.493 e. The van der Waals surface area contributed by atoms with Crippen LogP contribution in [0.15, 0.2) is 91.0 Å². The second kappa shape index (κ2) is 16.5. The van der Waals surface area contributed by atoms with E-state index >= 15 is 0 Å². The highest BCUT2D eigenvalue weighted by molar-refractivity contribution is 5.89. The van der Waals surface area contributed by atoms with Crippen molar-refractivity contribution in [2.75, 3.05) is 42.7 Å². The summed E-state index contributed by atoms with van der Waals surface area (Å²) in [7, 11) is 7.96. The average molecular weight is 729 g/mol. The number of carbonyl (C=O) groups excluding carboxylic acids is 4. The molecular formula is C40H40O13. The van der Waals surface area contributed by atoms with Crippen LogP contribution in [0, 0.1) is 11.8 Å². The summed E-state index contributed by atoms with van der Waals surface area (Å²) in [6, 6.07) is 23.9. The summed E-state index contributed by atoms with van der Waals surface area (Å²) in [5, 5.41) is 13.3. The molecule has 0 amide bonds. The summed E-state index contributed by atoms with van der Waals surface area (Å²) in [5.41, 5.74) is -1.19. The van der Waals surface area contributed by atoms with Gasteiger partial charge in [0.15, 0.2) is 23.0 Å². The maximum absolute atomic E-state index is 14.8. The summed E-state index contributed by atoms with van der Waals surface area (Å²) >= 11 is 0. The number of aliphatic hydroxyl groups is 1. The van der Waals surface area contributed by atoms with Gasteiger partial charge < -0.3 is 43.0 Å². The maximum Gasteiger partial charge on any atom is 0.351 e. The largest absolute Gasteiger partial charge is 0.493 e. The molecule has 0 saturated carbocycles. The lowest BCUT2D eigenvalue weighted by atomic mass is 9.63. The highest BCUT2D eigenvalue weighted by Crippen LogP contribution is 2.52. The lowest BCUT2D eigenvalue weighted by Crippen LogP contribution is -2.53. The molecule has 4 aromatic carbocycles. The molecule has 0 aliphatic heterocycles. The molecule has 278 valence electrons. The first-order valence-electron chi connectivity index (χ1n) is 16.4. The van der Waals surface area contributed by atoms with E-state index in [4.69, 9.17) is 37.9 Å². The van der Waals surface area contributed by atoms with E-state index in [0.717, 1.165) is 14.2 Å². The second-order valence-corrected chi connectivity index (χ2v) is 12.0. The second-order valence-electron chi connectivity index (χ2n) is 12.0. The van der Waals surface area contributed by atoms with Crippen LogP contribution in [0.1, 0.15) is 40.0 Å². The Hall–Kier alpha value is -6.08. The quantitative estimate of drug-likeness (QED) is 0.150. The lowest BCUT2D eigenvalue weighted by Gasteiger charge is -2.44. The Bertz CT molecular complexity index is 1950. The zero-order valence-corrected chi connectivity index (χ0v) is 30.0. The number of hydrogen-bond donors (Lipinski definition) is 1. The molecule has 0 unspecified atom stereocenters. The van der Waals surface area contributed by atoms with Gasteiger partial charge in [0.25, 0.3) is 0 Å². The molecule has 4 aromatic rings. The summed E-state index contributed by atoms with van der Waals surface area (Å²) < 4.78 is 43.9. The Labute approximate surface area is 306 Å². The van der Waals surface area contributed by atoms with Crippen LogP contribution in [0.4, 0.5) is 0 Å². The fourth-order valence-electron chi connectivity index (χ4n) is 6.59. The van der Waals surface area contributed by atoms with Crippen LogP contribution in [0.3, 0.4) is 0 Å². The lowest BCUT2D eigenvalue weighted by molar-refractivity contribution is -0.186. The third-order valence-electron chi connectivity index (χ3n) is 9.20. The number of esters is 4. The molecule has 0 aromatic heterocycles. The van der Waals surface area contributed by atoms with Crippen molar-refractivity contribution in [2.45, 2.75) is 24.2 Å². The van der Waals surface area contributed by atoms with E-state index in [2.05, 4.69) is 0 Å². The van der Waals surface area contributed by atoms with Gasteiger partial charge in [-0.15, -0.1) is 0 Å². The Morgan fingerprint density at radius 2 is 1.08 bits per heavy atom. The SMILES string of the molecule is COC(=O)[C@@H](OC(=O)[C@@H]1Cc2cc(OC)c(OC)cc2[C@](O)(c2ccc(OC)c(OC)c2)[C@H]1C(=O)O[C@H](C(=O)OC)c1ccccc1)c1ccccc1. The molecule has 5 atom stereocenters. The van der Waals surface area contributed by atoms with Gasteiger partial charge in [-0.1, -0.05) is 66.7 Å². The highest BCUT2D eigenvalue weighted by atomic mass is 16.6. The molecule has 53 heavy (non-hydrogen) atoms. The van der Waals surface area contributed by atoms with E-state index in [1.165, 1.54) is 52.7 Å². The zero-order chi connectivity index (χ0) is 38.3. The van der Waals surface area contributed by atoms with Gasteiger partial charge in [0.05, 0.1) is 48.6 Å². The first-order chi connectivity index (χ1) is 25.5. The van der Waals surface area contributed by atoms with Crippen molar-refractivity contribution in [3.63, 3.8) is 0 Å². The molecule has 0 bridgehead atoms. The van der Waals surface area contributed by atoms with Crippen LogP contribution in [-0.2, 0) is 50.1 Å². The van der Waals surface area contributed by atoms with Crippen molar-refractivity contribution >= 4 is 23.9 Å². The Morgan fingerprint density at radius 1 is 0.604 bits per heavy atom. The van der Waals surface area contributed by atoms with Crippen LogP contribution < -0.4 is 18.9 Å². The number of ether oxygens (including phenoxy) is 8. The van der Waals surface area contributed by atoms with Gasteiger partial charge in [-0.25, -0.2) is 9.59 Å². The standard InChI is InChI=1S/C40H40O13/c1-46-29-18-17-26(21-31(29)48-3)40(45)28-22-32(49-4)30(47-2)20-25(28)19-27(36(41)52-34(38(43)50-5)23-13-9-7-10-14-23)33(40)37(42)53-35(39(44)51-6)24-15-11-8-12-16-24/h7-18,20-22,27,33-35,45H,19H2,1-6H3/t27-,33-,34+,35+,40-/m1/s1. The van der Waals surface area contributed by atoms with Crippen molar-refractivity contribution in [3.8, 4) is 23.0 Å². The van der Waals surface area contributed by atoms with Crippen LogP contribution in [0.2, 0.25) is 0 Å². The third-order valence-corrected chi connectivity index (χ3v) is 9.20. The maximum atomic E-state index is 14.8. The van der Waals surface area contributed by atoms with Gasteiger partial charge >= 0.3 is 23.9 Å². The van der Waals surface area contributed by atoms with E-state index in [9.17, 15) is 24.3 Å². The predicted molar refractivity (Wildman–Crippen MR) is 187 cm³/mol. The summed E-state index contributed by atoms with van der Waals surface area (Å²) in [5.74, 6) is -6.32. The normalized spacial score (nSPS) is 18.6. The molecule has 5 rings (SSSR count). The highest BCUT2D eigenvalue weighted by Gasteiger charge is 2.57. The molecule has 0 radical (unpaired) electrons. The molecule has 0 spiro atoms. The fraction of sp³-hybridized carbons (Fsp3) is 0.300. The van der Waals surface area contributed by atoms with Crippen LogP contribution in [0.25, 0.3) is 0 Å². The van der Waals surface area contributed by atoms with E-state index < -0.39 is 53.5 Å². The molecule has 13 nitrogen and oxygen atoms in total. The van der Waals surface area contributed by atoms with Gasteiger partial charge in [0.2, 0.25) is 12.2 Å². The number of rotatable bonds is 13. The Morgan fingerprint density at radius 3 is 1.57 bits per heavy atom. The molecule has 1 N–H and O–H groups in total. The van der Waals surface area contributed by atoms with Crippen molar-refractivity contribution in [2.24, 2.45) is 11.8 Å². The van der Waals surface area contributed by atoms with Gasteiger partial charge in [0, 0.05) is 11.1 Å². The van der Waals surface area contributed by atoms with Crippen molar-refractivity contribution in [3.05, 3.63) is 119 Å². The first-order valence-corrected chi connectivity index (χ1v) is 16.4. The van der Waals surface area contributed by atoms with Crippen LogP contribution >= 0.6 is 0 Å². The summed E-state index contributed by atoms with van der Waals surface area (Å²) in [4.78, 5) is 55.5. The topological polar surface area (TPSA) is 162 Å². The molecule has 0 heterocycles. The van der Waals surface area contributed by atoms with E-state index in [0.29, 0.717) is 16.9 Å². The van der Waals surface area contributed by atoms with Gasteiger partial charge in [-0.3, -0.25) is 9.59 Å².